The second kappa shape index (κ2) is 6.07. The van der Waals surface area contributed by atoms with Gasteiger partial charge in [-0.2, -0.15) is 0 Å². The van der Waals surface area contributed by atoms with Crippen LogP contribution in [0.1, 0.15) is 22.9 Å². The summed E-state index contributed by atoms with van der Waals surface area (Å²) in [5, 5.41) is 4.07. The number of aromatic nitrogens is 1. The summed E-state index contributed by atoms with van der Waals surface area (Å²) >= 11 is 1.63. The lowest BCUT2D eigenvalue weighted by molar-refractivity contribution is 0.453. The topological polar surface area (TPSA) is 38.1 Å². The second-order valence-electron chi connectivity index (χ2n) is 4.32. The molecule has 1 N–H and O–H groups in total. The Hall–Kier alpha value is -1.26. The van der Waals surface area contributed by atoms with Crippen molar-refractivity contribution >= 4 is 11.8 Å². The maximum absolute atomic E-state index is 5.34. The van der Waals surface area contributed by atoms with Crippen molar-refractivity contribution in [1.29, 1.82) is 0 Å². The molecule has 0 fully saturated rings. The van der Waals surface area contributed by atoms with Crippen LogP contribution in [0.4, 0.5) is 0 Å². The number of rotatable bonds is 5. The molecular weight excluding hydrogens is 244 g/mol. The Morgan fingerprint density at radius 2 is 2.22 bits per heavy atom. The lowest BCUT2D eigenvalue weighted by Gasteiger charge is -2.15. The van der Waals surface area contributed by atoms with Gasteiger partial charge in [-0.3, -0.25) is 0 Å². The van der Waals surface area contributed by atoms with E-state index in [1.165, 1.54) is 11.1 Å². The Morgan fingerprint density at radius 3 is 2.83 bits per heavy atom. The van der Waals surface area contributed by atoms with Crippen LogP contribution in [-0.2, 0) is 0 Å². The first kappa shape index (κ1) is 13.2. The molecule has 0 aliphatic heterocycles. The lowest BCUT2D eigenvalue weighted by Crippen LogP contribution is -2.18. The van der Waals surface area contributed by atoms with Gasteiger partial charge in [0.05, 0.1) is 5.69 Å². The van der Waals surface area contributed by atoms with Gasteiger partial charge in [-0.05, 0) is 26.5 Å². The quantitative estimate of drug-likeness (QED) is 0.839. The van der Waals surface area contributed by atoms with Crippen molar-refractivity contribution in [1.82, 2.24) is 10.3 Å². The third kappa shape index (κ3) is 3.37. The molecule has 0 saturated carbocycles. The van der Waals surface area contributed by atoms with E-state index >= 15 is 0 Å². The van der Waals surface area contributed by atoms with Gasteiger partial charge >= 0.3 is 0 Å². The monoisotopic (exact) mass is 262 g/mol. The summed E-state index contributed by atoms with van der Waals surface area (Å²) in [6.45, 7) is 4.05. The Bertz CT molecular complexity index is 510. The van der Waals surface area contributed by atoms with Crippen LogP contribution in [0.15, 0.2) is 40.2 Å². The Balaban J connectivity index is 2.01. The summed E-state index contributed by atoms with van der Waals surface area (Å²) in [5.74, 6) is 0.903. The Labute approximate surface area is 112 Å². The largest absolute Gasteiger partial charge is 0.440 e. The molecule has 0 amide bonds. The van der Waals surface area contributed by atoms with Crippen molar-refractivity contribution in [3.63, 3.8) is 0 Å². The molecule has 1 aromatic heterocycles. The van der Waals surface area contributed by atoms with E-state index in [0.29, 0.717) is 6.04 Å². The number of thioether (sulfide) groups is 1. The highest BCUT2D eigenvalue weighted by Crippen LogP contribution is 2.24. The molecule has 1 atom stereocenters. The van der Waals surface area contributed by atoms with Crippen LogP contribution in [0, 0.1) is 13.8 Å². The summed E-state index contributed by atoms with van der Waals surface area (Å²) < 4.78 is 5.34. The van der Waals surface area contributed by atoms with E-state index in [0.717, 1.165) is 16.7 Å². The fourth-order valence-electron chi connectivity index (χ4n) is 1.79. The Morgan fingerprint density at radius 1 is 1.39 bits per heavy atom. The van der Waals surface area contributed by atoms with Crippen LogP contribution < -0.4 is 5.32 Å². The molecule has 0 spiro atoms. The number of nitrogens with zero attached hydrogens (tertiary/aromatic N) is 1. The first-order chi connectivity index (χ1) is 8.69. The van der Waals surface area contributed by atoms with E-state index in [9.17, 15) is 0 Å². The maximum Gasteiger partial charge on any atom is 0.255 e. The number of nitrogens with one attached hydrogen (secondary N) is 1. The minimum Gasteiger partial charge on any atom is -0.440 e. The molecule has 0 saturated heterocycles. The molecule has 3 nitrogen and oxygen atoms in total. The molecule has 0 bridgehead atoms. The summed E-state index contributed by atoms with van der Waals surface area (Å²) in [5.41, 5.74) is 3.51. The van der Waals surface area contributed by atoms with Crippen molar-refractivity contribution in [2.24, 2.45) is 0 Å². The molecule has 1 heterocycles. The van der Waals surface area contributed by atoms with Gasteiger partial charge < -0.3 is 9.73 Å². The summed E-state index contributed by atoms with van der Waals surface area (Å²) in [6, 6.07) is 8.87. The zero-order chi connectivity index (χ0) is 13.0. The van der Waals surface area contributed by atoms with Gasteiger partial charge in [0.1, 0.15) is 6.26 Å². The van der Waals surface area contributed by atoms with Gasteiger partial charge in [0.2, 0.25) is 0 Å². The zero-order valence-corrected chi connectivity index (χ0v) is 11.8. The summed E-state index contributed by atoms with van der Waals surface area (Å²) in [7, 11) is 1.98. The molecule has 0 aliphatic rings. The van der Waals surface area contributed by atoms with Crippen molar-refractivity contribution in [2.45, 2.75) is 25.1 Å². The predicted octanol–water partition coefficient (Wildman–Crippen LogP) is 3.34. The molecule has 2 rings (SSSR count). The van der Waals surface area contributed by atoms with Crippen molar-refractivity contribution in [2.75, 3.05) is 12.8 Å². The molecule has 0 aliphatic carbocycles. The molecule has 2 aromatic rings. The van der Waals surface area contributed by atoms with E-state index < -0.39 is 0 Å². The molecule has 0 radical (unpaired) electrons. The van der Waals surface area contributed by atoms with Gasteiger partial charge in [0.25, 0.3) is 5.22 Å². The molecule has 1 aromatic carbocycles. The van der Waals surface area contributed by atoms with E-state index in [4.69, 9.17) is 4.42 Å². The van der Waals surface area contributed by atoms with Crippen molar-refractivity contribution < 1.29 is 4.42 Å². The standard InChI is InChI=1S/C14H18N2OS/c1-10-5-4-6-12(7-10)13(15-3)9-18-14-16-11(2)8-17-14/h4-8,13,15H,9H2,1-3H3. The molecule has 18 heavy (non-hydrogen) atoms. The van der Waals surface area contributed by atoms with Gasteiger partial charge in [0, 0.05) is 11.8 Å². The number of aryl methyl sites for hydroxylation is 2. The van der Waals surface area contributed by atoms with Crippen LogP contribution >= 0.6 is 11.8 Å². The maximum atomic E-state index is 5.34. The van der Waals surface area contributed by atoms with Crippen LogP contribution in [0.5, 0.6) is 0 Å². The smallest absolute Gasteiger partial charge is 0.255 e. The third-order valence-electron chi connectivity index (χ3n) is 2.76. The van der Waals surface area contributed by atoms with Crippen molar-refractivity contribution in [3.8, 4) is 0 Å². The minimum absolute atomic E-state index is 0.308. The highest BCUT2D eigenvalue weighted by atomic mass is 32.2. The number of hydrogen-bond donors (Lipinski definition) is 1. The third-order valence-corrected chi connectivity index (χ3v) is 3.70. The fraction of sp³-hybridized carbons (Fsp3) is 0.357. The van der Waals surface area contributed by atoms with Crippen LogP contribution in [0.25, 0.3) is 0 Å². The van der Waals surface area contributed by atoms with Crippen LogP contribution in [0.3, 0.4) is 0 Å². The summed E-state index contributed by atoms with van der Waals surface area (Å²) in [4.78, 5) is 4.30. The van der Waals surface area contributed by atoms with Crippen molar-refractivity contribution in [3.05, 3.63) is 47.3 Å². The van der Waals surface area contributed by atoms with Gasteiger partial charge in [-0.15, -0.1) is 0 Å². The highest BCUT2D eigenvalue weighted by Gasteiger charge is 2.11. The average Bonchev–Trinajstić information content (AvgIpc) is 2.76. The van der Waals surface area contributed by atoms with Crippen LogP contribution in [0.2, 0.25) is 0 Å². The fourth-order valence-corrected chi connectivity index (χ4v) is 2.78. The molecule has 4 heteroatoms. The number of hydrogen-bond acceptors (Lipinski definition) is 4. The second-order valence-corrected chi connectivity index (χ2v) is 5.29. The van der Waals surface area contributed by atoms with E-state index in [-0.39, 0.29) is 0 Å². The minimum atomic E-state index is 0.308. The first-order valence-corrected chi connectivity index (χ1v) is 6.96. The Kier molecular flexibility index (Phi) is 4.44. The highest BCUT2D eigenvalue weighted by molar-refractivity contribution is 7.99. The summed E-state index contributed by atoms with van der Waals surface area (Å²) in [6.07, 6.45) is 1.68. The first-order valence-electron chi connectivity index (χ1n) is 5.98. The zero-order valence-electron chi connectivity index (χ0n) is 10.9. The number of oxazole rings is 1. The number of benzene rings is 1. The van der Waals surface area contributed by atoms with E-state index in [1.807, 2.05) is 14.0 Å². The van der Waals surface area contributed by atoms with Gasteiger partial charge in [-0.1, -0.05) is 41.6 Å². The molecule has 1 unspecified atom stereocenters. The molecular formula is C14H18N2OS. The molecule has 96 valence electrons. The normalized spacial score (nSPS) is 12.6. The van der Waals surface area contributed by atoms with Gasteiger partial charge in [0.15, 0.2) is 0 Å². The van der Waals surface area contributed by atoms with E-state index in [2.05, 4.69) is 41.5 Å². The van der Waals surface area contributed by atoms with E-state index in [1.54, 1.807) is 18.0 Å². The predicted molar refractivity (Wildman–Crippen MR) is 74.9 cm³/mol. The SMILES string of the molecule is CNC(CSc1nc(C)co1)c1cccc(C)c1. The average molecular weight is 262 g/mol. The van der Waals surface area contributed by atoms with Crippen LogP contribution in [-0.4, -0.2) is 17.8 Å². The van der Waals surface area contributed by atoms with Gasteiger partial charge in [-0.25, -0.2) is 4.98 Å². The lowest BCUT2D eigenvalue weighted by atomic mass is 10.1.